The van der Waals surface area contributed by atoms with Crippen molar-refractivity contribution in [3.8, 4) is 0 Å². The van der Waals surface area contributed by atoms with Gasteiger partial charge in [-0.1, -0.05) is 34.8 Å². The van der Waals surface area contributed by atoms with Crippen LogP contribution in [0.3, 0.4) is 0 Å². The molecule has 0 saturated carbocycles. The lowest BCUT2D eigenvalue weighted by Gasteiger charge is -2.02. The molecule has 0 aliphatic heterocycles. The first-order valence-corrected chi connectivity index (χ1v) is 3.76. The monoisotopic (exact) mass is 213 g/mol. The summed E-state index contributed by atoms with van der Waals surface area (Å²) in [6.45, 7) is 0. The average Bonchev–Trinajstić information content (AvgIpc) is 1.97. The molecule has 1 aromatic carbocycles. The molecule has 1 nitrogen and oxygen atoms in total. The molecule has 0 spiro atoms. The van der Waals surface area contributed by atoms with Gasteiger partial charge in [-0.15, -0.1) is 0 Å². The quantitative estimate of drug-likeness (QED) is 0.400. The number of halogens is 4. The normalized spacial score (nSPS) is 10.2. The average molecular weight is 214 g/mol. The fraction of sp³-hybridized carbons (Fsp3) is 0. The Morgan fingerprint density at radius 2 is 1.73 bits per heavy atom. The van der Waals surface area contributed by atoms with Crippen molar-refractivity contribution in [3.63, 3.8) is 0 Å². The van der Waals surface area contributed by atoms with Crippen LogP contribution in [-0.2, 0) is 0 Å². The maximum Gasteiger partial charge on any atom is 0.149 e. The smallest absolute Gasteiger partial charge is 0.149 e. The second-order valence-corrected chi connectivity index (χ2v) is 3.04. The summed E-state index contributed by atoms with van der Waals surface area (Å²) in [6.07, 6.45) is 0. The second-order valence-electron chi connectivity index (χ2n) is 1.88. The first kappa shape index (κ1) is 8.91. The van der Waals surface area contributed by atoms with Crippen LogP contribution in [0, 0.1) is 5.82 Å². The maximum atomic E-state index is 12.7. The zero-order chi connectivity index (χ0) is 8.59. The van der Waals surface area contributed by atoms with Crippen LogP contribution in [-0.4, -0.2) is 0 Å². The number of hydrogen-bond donors (Lipinski definition) is 1. The molecule has 0 fully saturated rings. The number of benzene rings is 1. The van der Waals surface area contributed by atoms with Crippen molar-refractivity contribution in [1.29, 1.82) is 0 Å². The van der Waals surface area contributed by atoms with E-state index in [1.54, 1.807) is 0 Å². The zero-order valence-electron chi connectivity index (χ0n) is 5.17. The summed E-state index contributed by atoms with van der Waals surface area (Å²) in [7, 11) is 0. The molecule has 11 heavy (non-hydrogen) atoms. The molecule has 5 heteroatoms. The third kappa shape index (κ3) is 1.53. The Hall–Kier alpha value is -0.180. The number of hydrogen-bond acceptors (Lipinski definition) is 1. The minimum atomic E-state index is -0.663. The van der Waals surface area contributed by atoms with Crippen molar-refractivity contribution in [1.82, 2.24) is 0 Å². The van der Waals surface area contributed by atoms with Gasteiger partial charge < -0.3 is 5.73 Å². The minimum Gasteiger partial charge on any atom is -0.395 e. The van der Waals surface area contributed by atoms with Gasteiger partial charge in [-0.3, -0.25) is 0 Å². The third-order valence-electron chi connectivity index (χ3n) is 1.15. The number of nitrogen functional groups attached to an aromatic ring is 1. The summed E-state index contributed by atoms with van der Waals surface area (Å²) in [5.41, 5.74) is 5.02. The lowest BCUT2D eigenvalue weighted by molar-refractivity contribution is 0.632. The van der Waals surface area contributed by atoms with Gasteiger partial charge in [-0.25, -0.2) is 4.39 Å². The Bertz CT molecular complexity index is 274. The first-order valence-electron chi connectivity index (χ1n) is 2.62. The Labute approximate surface area is 77.8 Å². The third-order valence-corrected chi connectivity index (χ3v) is 2.43. The van der Waals surface area contributed by atoms with Crippen molar-refractivity contribution in [2.45, 2.75) is 0 Å². The molecule has 1 rings (SSSR count). The predicted molar refractivity (Wildman–Crippen MR) is 45.8 cm³/mol. The van der Waals surface area contributed by atoms with Gasteiger partial charge in [0.15, 0.2) is 0 Å². The maximum absolute atomic E-state index is 12.7. The summed E-state index contributed by atoms with van der Waals surface area (Å²) in [5, 5.41) is 0.0901. The molecule has 0 amide bonds. The summed E-state index contributed by atoms with van der Waals surface area (Å²) in [6, 6.07) is 1.02. The van der Waals surface area contributed by atoms with E-state index in [0.717, 1.165) is 6.07 Å². The van der Waals surface area contributed by atoms with E-state index in [-0.39, 0.29) is 20.8 Å². The Kier molecular flexibility index (Phi) is 2.47. The predicted octanol–water partition coefficient (Wildman–Crippen LogP) is 3.37. The van der Waals surface area contributed by atoms with Crippen LogP contribution < -0.4 is 5.73 Å². The van der Waals surface area contributed by atoms with Gasteiger partial charge in [0.25, 0.3) is 0 Å². The lowest BCUT2D eigenvalue weighted by Crippen LogP contribution is -1.92. The van der Waals surface area contributed by atoms with Crippen LogP contribution in [0.1, 0.15) is 0 Å². The first-order chi connectivity index (χ1) is 5.04. The fourth-order valence-corrected chi connectivity index (χ4v) is 1.17. The molecule has 2 N–H and O–H groups in total. The van der Waals surface area contributed by atoms with E-state index in [0.29, 0.717) is 0 Å². The van der Waals surface area contributed by atoms with Gasteiger partial charge >= 0.3 is 0 Å². The molecule has 0 radical (unpaired) electrons. The van der Waals surface area contributed by atoms with Crippen LogP contribution in [0.2, 0.25) is 15.1 Å². The van der Waals surface area contributed by atoms with E-state index in [9.17, 15) is 4.39 Å². The molecule has 0 heterocycles. The summed E-state index contributed by atoms with van der Waals surface area (Å²) in [5.74, 6) is -0.663. The molecule has 0 aliphatic carbocycles. The highest BCUT2D eigenvalue weighted by molar-refractivity contribution is 6.49. The Morgan fingerprint density at radius 1 is 1.18 bits per heavy atom. The molecule has 0 unspecified atom stereocenters. The molecule has 60 valence electrons. The second kappa shape index (κ2) is 3.05. The highest BCUT2D eigenvalue weighted by atomic mass is 35.5. The lowest BCUT2D eigenvalue weighted by atomic mass is 10.3. The molecule has 1 aromatic rings. The fourth-order valence-electron chi connectivity index (χ4n) is 0.580. The molecular formula is C6H3Cl3FN. The molecule has 0 bridgehead atoms. The number of rotatable bonds is 0. The van der Waals surface area contributed by atoms with E-state index >= 15 is 0 Å². The summed E-state index contributed by atoms with van der Waals surface area (Å²) < 4.78 is 12.7. The number of nitrogens with two attached hydrogens (primary N) is 1. The van der Waals surface area contributed by atoms with Crippen molar-refractivity contribution in [2.24, 2.45) is 0 Å². The van der Waals surface area contributed by atoms with Gasteiger partial charge in [-0.05, 0) is 6.07 Å². The molecule has 0 saturated heterocycles. The van der Waals surface area contributed by atoms with E-state index < -0.39 is 5.82 Å². The summed E-state index contributed by atoms with van der Waals surface area (Å²) in [4.78, 5) is 0. The van der Waals surface area contributed by atoms with E-state index in [4.69, 9.17) is 40.5 Å². The van der Waals surface area contributed by atoms with E-state index in [1.807, 2.05) is 0 Å². The van der Waals surface area contributed by atoms with Crippen LogP contribution >= 0.6 is 34.8 Å². The summed E-state index contributed by atoms with van der Waals surface area (Å²) >= 11 is 16.5. The van der Waals surface area contributed by atoms with E-state index in [1.165, 1.54) is 0 Å². The highest BCUT2D eigenvalue weighted by Crippen LogP contribution is 2.35. The van der Waals surface area contributed by atoms with Crippen LogP contribution in [0.5, 0.6) is 0 Å². The van der Waals surface area contributed by atoms with Crippen molar-refractivity contribution < 1.29 is 4.39 Å². The van der Waals surface area contributed by atoms with E-state index in [2.05, 4.69) is 0 Å². The zero-order valence-corrected chi connectivity index (χ0v) is 7.43. The highest BCUT2D eigenvalue weighted by Gasteiger charge is 2.11. The standard InChI is InChI=1S/C6H3Cl3FN/c7-2-1-3(10)6(11)5(9)4(2)8/h1H,11H2. The minimum absolute atomic E-state index is 0.0448. The van der Waals surface area contributed by atoms with Gasteiger partial charge in [0, 0.05) is 0 Å². The molecular weight excluding hydrogens is 211 g/mol. The van der Waals surface area contributed by atoms with Crippen LogP contribution in [0.4, 0.5) is 10.1 Å². The Balaban J connectivity index is 3.46. The van der Waals surface area contributed by atoms with Crippen LogP contribution in [0.15, 0.2) is 6.07 Å². The van der Waals surface area contributed by atoms with Gasteiger partial charge in [0.2, 0.25) is 0 Å². The van der Waals surface area contributed by atoms with Gasteiger partial charge in [-0.2, -0.15) is 0 Å². The number of anilines is 1. The van der Waals surface area contributed by atoms with Crippen molar-refractivity contribution >= 4 is 40.5 Å². The van der Waals surface area contributed by atoms with Crippen molar-refractivity contribution in [2.75, 3.05) is 5.73 Å². The Morgan fingerprint density at radius 3 is 2.27 bits per heavy atom. The topological polar surface area (TPSA) is 26.0 Å². The molecule has 0 atom stereocenters. The van der Waals surface area contributed by atoms with Gasteiger partial charge in [0.1, 0.15) is 5.82 Å². The largest absolute Gasteiger partial charge is 0.395 e. The molecule has 0 aromatic heterocycles. The van der Waals surface area contributed by atoms with Gasteiger partial charge in [0.05, 0.1) is 20.8 Å². The van der Waals surface area contributed by atoms with Crippen LogP contribution in [0.25, 0.3) is 0 Å². The SMILES string of the molecule is Nc1c(F)cc(Cl)c(Cl)c1Cl. The molecule has 0 aliphatic rings. The van der Waals surface area contributed by atoms with Crippen molar-refractivity contribution in [3.05, 3.63) is 27.0 Å².